The fraction of sp³-hybridized carbons (Fsp3) is 0.227. The second-order valence-electron chi connectivity index (χ2n) is 6.67. The van der Waals surface area contributed by atoms with E-state index < -0.39 is 0 Å². The van der Waals surface area contributed by atoms with Gasteiger partial charge < -0.3 is 19.5 Å². The Morgan fingerprint density at radius 1 is 1.26 bits per heavy atom. The fourth-order valence-electron chi connectivity index (χ4n) is 3.12. The molecule has 1 saturated heterocycles. The quantitative estimate of drug-likeness (QED) is 0.498. The predicted octanol–water partition coefficient (Wildman–Crippen LogP) is 4.04. The number of nitrogens with zero attached hydrogens (tertiary/aromatic N) is 1. The highest BCUT2D eigenvalue weighted by Crippen LogP contribution is 2.36. The van der Waals surface area contributed by atoms with Crippen molar-refractivity contribution in [1.82, 2.24) is 4.90 Å². The van der Waals surface area contributed by atoms with Gasteiger partial charge in [-0.05, 0) is 42.8 Å². The molecule has 0 aromatic heterocycles. The number of fused-ring (bicyclic) bond motifs is 1. The van der Waals surface area contributed by atoms with Crippen LogP contribution in [0.25, 0.3) is 6.08 Å². The highest BCUT2D eigenvalue weighted by molar-refractivity contribution is 8.26. The van der Waals surface area contributed by atoms with Crippen LogP contribution in [-0.2, 0) is 9.59 Å². The van der Waals surface area contributed by atoms with Crippen molar-refractivity contribution in [3.05, 3.63) is 52.9 Å². The Hall–Kier alpha value is -3.04. The average Bonchev–Trinajstić information content (AvgIpc) is 3.32. The molecule has 2 amide bonds. The van der Waals surface area contributed by atoms with E-state index in [-0.39, 0.29) is 31.6 Å². The number of anilines is 1. The zero-order chi connectivity index (χ0) is 21.8. The molecule has 2 aliphatic heterocycles. The van der Waals surface area contributed by atoms with Crippen LogP contribution in [0.1, 0.15) is 18.9 Å². The standard InChI is InChI=1S/C22H20N2O5S2/c1-2-27-16-6-4-3-5-15(16)23-20(25)9-10-24-21(26)19(31-22(24)30)12-14-7-8-17-18(11-14)29-13-28-17/h3-8,11-12H,2,9-10,13H2,1H3,(H,23,25). The molecule has 0 bridgehead atoms. The molecule has 2 aliphatic rings. The van der Waals surface area contributed by atoms with Crippen molar-refractivity contribution in [3.63, 3.8) is 0 Å². The molecular formula is C22H20N2O5S2. The van der Waals surface area contributed by atoms with E-state index in [2.05, 4.69) is 5.32 Å². The molecule has 160 valence electrons. The average molecular weight is 457 g/mol. The van der Waals surface area contributed by atoms with Gasteiger partial charge in [-0.2, -0.15) is 0 Å². The fourth-order valence-corrected chi connectivity index (χ4v) is 4.43. The van der Waals surface area contributed by atoms with Crippen molar-refractivity contribution in [1.29, 1.82) is 0 Å². The molecule has 0 spiro atoms. The molecule has 1 fully saturated rings. The number of hydrogen-bond donors (Lipinski definition) is 1. The van der Waals surface area contributed by atoms with Crippen molar-refractivity contribution < 1.29 is 23.8 Å². The first-order chi connectivity index (χ1) is 15.0. The van der Waals surface area contributed by atoms with E-state index in [0.717, 1.165) is 5.56 Å². The summed E-state index contributed by atoms with van der Waals surface area (Å²) in [5.74, 6) is 1.50. The normalized spacial score (nSPS) is 16.2. The zero-order valence-electron chi connectivity index (χ0n) is 16.8. The number of thiocarbonyl (C=S) groups is 1. The van der Waals surface area contributed by atoms with Gasteiger partial charge in [0.25, 0.3) is 5.91 Å². The van der Waals surface area contributed by atoms with Gasteiger partial charge in [0.2, 0.25) is 12.7 Å². The van der Waals surface area contributed by atoms with E-state index >= 15 is 0 Å². The maximum atomic E-state index is 12.8. The molecule has 0 aliphatic carbocycles. The highest BCUT2D eigenvalue weighted by atomic mass is 32.2. The lowest BCUT2D eigenvalue weighted by molar-refractivity contribution is -0.122. The topological polar surface area (TPSA) is 77.1 Å². The van der Waals surface area contributed by atoms with E-state index in [1.165, 1.54) is 16.7 Å². The summed E-state index contributed by atoms with van der Waals surface area (Å²) in [6.45, 7) is 2.77. The van der Waals surface area contributed by atoms with Crippen LogP contribution in [0.2, 0.25) is 0 Å². The van der Waals surface area contributed by atoms with Gasteiger partial charge in [0.1, 0.15) is 10.1 Å². The Morgan fingerprint density at radius 3 is 2.90 bits per heavy atom. The lowest BCUT2D eigenvalue weighted by atomic mass is 10.2. The number of ether oxygens (including phenoxy) is 3. The summed E-state index contributed by atoms with van der Waals surface area (Å²) in [7, 11) is 0. The monoisotopic (exact) mass is 456 g/mol. The van der Waals surface area contributed by atoms with E-state index in [9.17, 15) is 9.59 Å². The lowest BCUT2D eigenvalue weighted by Gasteiger charge is -2.15. The minimum Gasteiger partial charge on any atom is -0.492 e. The number of hydrogen-bond acceptors (Lipinski definition) is 7. The third-order valence-corrected chi connectivity index (χ3v) is 5.97. The van der Waals surface area contributed by atoms with Gasteiger partial charge in [-0.1, -0.05) is 42.2 Å². The van der Waals surface area contributed by atoms with E-state index in [4.69, 9.17) is 26.4 Å². The molecule has 0 atom stereocenters. The third-order valence-electron chi connectivity index (χ3n) is 4.59. The lowest BCUT2D eigenvalue weighted by Crippen LogP contribution is -2.31. The summed E-state index contributed by atoms with van der Waals surface area (Å²) in [4.78, 5) is 27.2. The number of benzene rings is 2. The second kappa shape index (κ2) is 9.40. The predicted molar refractivity (Wildman–Crippen MR) is 123 cm³/mol. The molecule has 0 unspecified atom stereocenters. The van der Waals surface area contributed by atoms with Crippen LogP contribution in [0.5, 0.6) is 17.2 Å². The molecule has 7 nitrogen and oxygen atoms in total. The minimum absolute atomic E-state index is 0.115. The number of carbonyl (C=O) groups excluding carboxylic acids is 2. The minimum atomic E-state index is -0.221. The summed E-state index contributed by atoms with van der Waals surface area (Å²) in [6, 6.07) is 12.7. The van der Waals surface area contributed by atoms with Gasteiger partial charge >= 0.3 is 0 Å². The number of amides is 2. The van der Waals surface area contributed by atoms with Gasteiger partial charge in [0, 0.05) is 13.0 Å². The van der Waals surface area contributed by atoms with Crippen molar-refractivity contribution in [3.8, 4) is 17.2 Å². The van der Waals surface area contributed by atoms with E-state index in [1.54, 1.807) is 24.3 Å². The molecule has 1 N–H and O–H groups in total. The summed E-state index contributed by atoms with van der Waals surface area (Å²) in [6.07, 6.45) is 1.88. The Bertz CT molecular complexity index is 1070. The van der Waals surface area contributed by atoms with Crippen molar-refractivity contribution >= 4 is 51.9 Å². The number of para-hydroxylation sites is 2. The Morgan fingerprint density at radius 2 is 2.06 bits per heavy atom. The van der Waals surface area contributed by atoms with Gasteiger partial charge in [-0.15, -0.1) is 0 Å². The van der Waals surface area contributed by atoms with Crippen molar-refractivity contribution in [2.24, 2.45) is 0 Å². The van der Waals surface area contributed by atoms with Crippen molar-refractivity contribution in [2.45, 2.75) is 13.3 Å². The maximum Gasteiger partial charge on any atom is 0.266 e. The molecular weight excluding hydrogens is 436 g/mol. The molecule has 0 saturated carbocycles. The number of nitrogens with one attached hydrogen (secondary N) is 1. The van der Waals surface area contributed by atoms with Crippen LogP contribution in [0, 0.1) is 0 Å². The maximum absolute atomic E-state index is 12.8. The van der Waals surface area contributed by atoms with Crippen LogP contribution >= 0.6 is 24.0 Å². The summed E-state index contributed by atoms with van der Waals surface area (Å²) < 4.78 is 16.6. The number of carbonyl (C=O) groups is 2. The van der Waals surface area contributed by atoms with Crippen LogP contribution in [0.3, 0.4) is 0 Å². The van der Waals surface area contributed by atoms with E-state index in [1.807, 2.05) is 31.2 Å². The molecule has 4 rings (SSSR count). The van der Waals surface area contributed by atoms with Gasteiger partial charge in [-0.25, -0.2) is 0 Å². The Kier molecular flexibility index (Phi) is 6.43. The molecule has 2 heterocycles. The van der Waals surface area contributed by atoms with Crippen LogP contribution in [0.4, 0.5) is 5.69 Å². The highest BCUT2D eigenvalue weighted by Gasteiger charge is 2.32. The Labute approximate surface area is 189 Å². The molecule has 9 heteroatoms. The zero-order valence-corrected chi connectivity index (χ0v) is 18.4. The summed E-state index contributed by atoms with van der Waals surface area (Å²) >= 11 is 6.58. The molecule has 2 aromatic carbocycles. The van der Waals surface area contributed by atoms with Crippen LogP contribution < -0.4 is 19.5 Å². The summed E-state index contributed by atoms with van der Waals surface area (Å²) in [5.41, 5.74) is 1.41. The van der Waals surface area contributed by atoms with Crippen molar-refractivity contribution in [2.75, 3.05) is 25.3 Å². The first-order valence-electron chi connectivity index (χ1n) is 9.72. The SMILES string of the molecule is CCOc1ccccc1NC(=O)CCN1C(=O)C(=Cc2ccc3c(c2)OCO3)SC1=S. The first kappa shape index (κ1) is 21.2. The van der Waals surface area contributed by atoms with Gasteiger partial charge in [0.05, 0.1) is 17.2 Å². The molecule has 0 radical (unpaired) electrons. The smallest absolute Gasteiger partial charge is 0.266 e. The number of thioether (sulfide) groups is 1. The molecule has 2 aromatic rings. The van der Waals surface area contributed by atoms with Crippen LogP contribution in [-0.4, -0.2) is 41.0 Å². The number of rotatable bonds is 7. The van der Waals surface area contributed by atoms with Gasteiger partial charge in [-0.3, -0.25) is 14.5 Å². The third kappa shape index (κ3) is 4.83. The largest absolute Gasteiger partial charge is 0.492 e. The second-order valence-corrected chi connectivity index (χ2v) is 8.35. The van der Waals surface area contributed by atoms with Crippen LogP contribution in [0.15, 0.2) is 47.4 Å². The summed E-state index contributed by atoms with van der Waals surface area (Å²) in [5, 5.41) is 2.83. The van der Waals surface area contributed by atoms with E-state index in [0.29, 0.717) is 38.8 Å². The molecule has 31 heavy (non-hydrogen) atoms. The first-order valence-corrected chi connectivity index (χ1v) is 10.9. The van der Waals surface area contributed by atoms with Gasteiger partial charge in [0.15, 0.2) is 11.5 Å². The Balaban J connectivity index is 1.38.